The van der Waals surface area contributed by atoms with Crippen molar-refractivity contribution in [2.75, 3.05) is 0 Å². The number of rotatable bonds is 5. The Morgan fingerprint density at radius 3 is 1.44 bits per heavy atom. The fourth-order valence-electron chi connectivity index (χ4n) is 4.46. The summed E-state index contributed by atoms with van der Waals surface area (Å²) in [6, 6.07) is 10.1. The molecule has 34 heavy (non-hydrogen) atoms. The summed E-state index contributed by atoms with van der Waals surface area (Å²) in [7, 11) is 0. The first-order chi connectivity index (χ1) is 16.0. The summed E-state index contributed by atoms with van der Waals surface area (Å²) in [4.78, 5) is 39.0. The average molecular weight is 462 g/mol. The largest absolute Gasteiger partial charge is 0.507 e. The minimum Gasteiger partial charge on any atom is -0.507 e. The molecule has 176 valence electrons. The van der Waals surface area contributed by atoms with E-state index < -0.39 is 45.6 Å². The van der Waals surface area contributed by atoms with E-state index in [9.17, 15) is 24.6 Å². The summed E-state index contributed by atoms with van der Waals surface area (Å²) in [6.45, 7) is 8.85. The highest BCUT2D eigenvalue weighted by Crippen LogP contribution is 2.41. The van der Waals surface area contributed by atoms with Crippen LogP contribution >= 0.6 is 0 Å². The summed E-state index contributed by atoms with van der Waals surface area (Å²) >= 11 is 0. The van der Waals surface area contributed by atoms with E-state index in [1.165, 1.54) is 6.92 Å². The molecule has 0 fully saturated rings. The summed E-state index contributed by atoms with van der Waals surface area (Å²) in [5.74, 6) is -3.14. The monoisotopic (exact) mass is 462 g/mol. The Morgan fingerprint density at radius 2 is 1.12 bits per heavy atom. The molecule has 2 heterocycles. The van der Waals surface area contributed by atoms with Crippen LogP contribution in [-0.4, -0.2) is 16.0 Å². The molecular weight excluding hydrogens is 436 g/mol. The number of hydrogen-bond acceptors (Lipinski definition) is 7. The number of para-hydroxylation sites is 2. The van der Waals surface area contributed by atoms with Crippen LogP contribution in [-0.2, 0) is 4.79 Å². The molecule has 0 saturated carbocycles. The predicted octanol–water partition coefficient (Wildman–Crippen LogP) is 5.28. The van der Waals surface area contributed by atoms with Gasteiger partial charge in [0.1, 0.15) is 28.4 Å². The van der Waals surface area contributed by atoms with E-state index in [1.54, 1.807) is 36.4 Å². The molecule has 0 bridgehead atoms. The Balaban J connectivity index is 2.07. The second kappa shape index (κ2) is 8.48. The number of benzene rings is 2. The number of carbonyl (C=O) groups is 1. The first-order valence-corrected chi connectivity index (χ1v) is 11.1. The van der Waals surface area contributed by atoms with Gasteiger partial charge in [-0.2, -0.15) is 0 Å². The number of hydrogen-bond donors (Lipinski definition) is 2. The average Bonchev–Trinajstić information content (AvgIpc) is 2.76. The van der Waals surface area contributed by atoms with Crippen LogP contribution in [0.15, 0.2) is 54.8 Å². The molecule has 2 N–H and O–H groups in total. The number of aromatic hydroxyl groups is 2. The van der Waals surface area contributed by atoms with Gasteiger partial charge < -0.3 is 19.0 Å². The van der Waals surface area contributed by atoms with Gasteiger partial charge in [0.25, 0.3) is 0 Å². The molecule has 0 spiro atoms. The maximum Gasteiger partial charge on any atom is 0.344 e. The molecule has 2 aromatic carbocycles. The molecule has 0 atom stereocenters. The van der Waals surface area contributed by atoms with Gasteiger partial charge in [-0.3, -0.25) is 4.79 Å². The van der Waals surface area contributed by atoms with Gasteiger partial charge >= 0.3 is 11.3 Å². The van der Waals surface area contributed by atoms with Gasteiger partial charge in [0.15, 0.2) is 0 Å². The zero-order valence-electron chi connectivity index (χ0n) is 19.6. The molecule has 4 aromatic rings. The Labute approximate surface area is 195 Å². The molecule has 7 nitrogen and oxygen atoms in total. The topological polar surface area (TPSA) is 118 Å². The van der Waals surface area contributed by atoms with E-state index in [0.717, 1.165) is 0 Å². The SMILES string of the molecule is CC(=O)C(c1c(O)c2cccc(C(C)C)c2oc1=O)c1c(O)c2cccc(C(C)C)c2oc1=O. The maximum absolute atomic E-state index is 13.1. The Kier molecular flexibility index (Phi) is 5.81. The fourth-order valence-corrected chi connectivity index (χ4v) is 4.46. The highest BCUT2D eigenvalue weighted by Gasteiger charge is 2.34. The summed E-state index contributed by atoms with van der Waals surface area (Å²) in [5, 5.41) is 22.7. The minimum absolute atomic E-state index is 0.00688. The zero-order valence-corrected chi connectivity index (χ0v) is 19.6. The van der Waals surface area contributed by atoms with Crippen LogP contribution in [0.1, 0.15) is 74.6 Å². The van der Waals surface area contributed by atoms with E-state index in [4.69, 9.17) is 8.83 Å². The molecule has 0 aliphatic heterocycles. The normalized spacial score (nSPS) is 11.9. The van der Waals surface area contributed by atoms with Gasteiger partial charge in [-0.25, -0.2) is 9.59 Å². The lowest BCUT2D eigenvalue weighted by atomic mass is 9.87. The standard InChI is InChI=1S/C27H26O7/c1-12(2)15-8-6-10-17-22(29)20(26(31)33-24(15)17)19(14(5)28)21-23(30)18-11-7-9-16(13(3)4)25(18)34-27(21)32/h6-13,19,29-30H,1-5H3. The molecule has 7 heteroatoms. The maximum atomic E-state index is 13.1. The van der Waals surface area contributed by atoms with Crippen molar-refractivity contribution in [1.29, 1.82) is 0 Å². The lowest BCUT2D eigenvalue weighted by molar-refractivity contribution is -0.117. The molecule has 0 amide bonds. The fraction of sp³-hybridized carbons (Fsp3) is 0.296. The Morgan fingerprint density at radius 1 is 0.735 bits per heavy atom. The third kappa shape index (κ3) is 3.57. The van der Waals surface area contributed by atoms with Gasteiger partial charge in [-0.1, -0.05) is 52.0 Å². The highest BCUT2D eigenvalue weighted by molar-refractivity contribution is 5.95. The molecule has 0 saturated heterocycles. The third-order valence-electron chi connectivity index (χ3n) is 6.17. The molecule has 0 radical (unpaired) electrons. The minimum atomic E-state index is -1.58. The van der Waals surface area contributed by atoms with E-state index in [-0.39, 0.29) is 33.8 Å². The molecular formula is C27H26O7. The first-order valence-electron chi connectivity index (χ1n) is 11.1. The second-order valence-corrected chi connectivity index (χ2v) is 9.10. The Hall–Kier alpha value is -3.87. The molecule has 0 aliphatic carbocycles. The van der Waals surface area contributed by atoms with Crippen LogP contribution in [0.3, 0.4) is 0 Å². The van der Waals surface area contributed by atoms with Crippen LogP contribution in [0, 0.1) is 0 Å². The molecule has 0 aliphatic rings. The van der Waals surface area contributed by atoms with Gasteiger partial charge in [0.2, 0.25) is 0 Å². The van der Waals surface area contributed by atoms with Crippen LogP contribution in [0.5, 0.6) is 11.5 Å². The van der Waals surface area contributed by atoms with Crippen LogP contribution in [0.25, 0.3) is 21.9 Å². The quantitative estimate of drug-likeness (QED) is 0.388. The van der Waals surface area contributed by atoms with Gasteiger partial charge in [-0.05, 0) is 42.0 Å². The smallest absolute Gasteiger partial charge is 0.344 e. The molecule has 4 rings (SSSR count). The van der Waals surface area contributed by atoms with E-state index in [2.05, 4.69) is 0 Å². The highest BCUT2D eigenvalue weighted by atomic mass is 16.4. The number of ketones is 1. The summed E-state index contributed by atoms with van der Waals surface area (Å²) in [5.41, 5.74) is -0.910. The lowest BCUT2D eigenvalue weighted by Crippen LogP contribution is -2.25. The van der Waals surface area contributed by atoms with Crippen molar-refractivity contribution in [2.24, 2.45) is 0 Å². The first kappa shape index (κ1) is 23.3. The number of carbonyl (C=O) groups excluding carboxylic acids is 1. The summed E-state index contributed by atoms with van der Waals surface area (Å²) in [6.07, 6.45) is 0. The third-order valence-corrected chi connectivity index (χ3v) is 6.17. The zero-order chi connectivity index (χ0) is 24.9. The van der Waals surface area contributed by atoms with E-state index in [0.29, 0.717) is 11.1 Å². The molecule has 0 unspecified atom stereocenters. The lowest BCUT2D eigenvalue weighted by Gasteiger charge is -2.18. The van der Waals surface area contributed by atoms with Crippen molar-refractivity contribution in [2.45, 2.75) is 52.4 Å². The van der Waals surface area contributed by atoms with Crippen molar-refractivity contribution in [3.63, 3.8) is 0 Å². The molecule has 2 aromatic heterocycles. The van der Waals surface area contributed by atoms with Crippen LogP contribution < -0.4 is 11.3 Å². The number of Topliss-reactive ketones (excluding diaryl/α,β-unsaturated/α-hetero) is 1. The number of fused-ring (bicyclic) bond motifs is 2. The second-order valence-electron chi connectivity index (χ2n) is 9.10. The van der Waals surface area contributed by atoms with Crippen molar-refractivity contribution in [1.82, 2.24) is 0 Å². The van der Waals surface area contributed by atoms with Crippen LogP contribution in [0.2, 0.25) is 0 Å². The van der Waals surface area contributed by atoms with Crippen molar-refractivity contribution in [3.8, 4) is 11.5 Å². The Bertz CT molecular complexity index is 1440. The van der Waals surface area contributed by atoms with Crippen molar-refractivity contribution < 1.29 is 23.8 Å². The van der Waals surface area contributed by atoms with Crippen LogP contribution in [0.4, 0.5) is 0 Å². The van der Waals surface area contributed by atoms with Gasteiger partial charge in [-0.15, -0.1) is 0 Å². The predicted molar refractivity (Wildman–Crippen MR) is 129 cm³/mol. The van der Waals surface area contributed by atoms with E-state index >= 15 is 0 Å². The summed E-state index contributed by atoms with van der Waals surface area (Å²) < 4.78 is 11.1. The van der Waals surface area contributed by atoms with Gasteiger partial charge in [0, 0.05) is 0 Å². The van der Waals surface area contributed by atoms with Crippen molar-refractivity contribution in [3.05, 3.63) is 79.5 Å². The van der Waals surface area contributed by atoms with E-state index in [1.807, 2.05) is 27.7 Å². The van der Waals surface area contributed by atoms with Crippen molar-refractivity contribution >= 4 is 27.7 Å². The van der Waals surface area contributed by atoms with Gasteiger partial charge in [0.05, 0.1) is 27.8 Å².